The van der Waals surface area contributed by atoms with E-state index in [2.05, 4.69) is 5.32 Å². The molecule has 1 fully saturated rings. The first kappa shape index (κ1) is 12.1. The first-order valence-corrected chi connectivity index (χ1v) is 6.86. The van der Waals surface area contributed by atoms with Gasteiger partial charge in [-0.1, -0.05) is 0 Å². The molecular formula is C12H17N3OS. The van der Waals surface area contributed by atoms with Crippen LogP contribution in [0.1, 0.15) is 23.2 Å². The summed E-state index contributed by atoms with van der Waals surface area (Å²) in [6, 6.07) is 5.63. The van der Waals surface area contributed by atoms with Crippen molar-refractivity contribution in [2.75, 3.05) is 22.6 Å². The lowest BCUT2D eigenvalue weighted by molar-refractivity contribution is 0.100. The average molecular weight is 251 g/mol. The summed E-state index contributed by atoms with van der Waals surface area (Å²) in [7, 11) is 0. The molecule has 1 heterocycles. The standard InChI is InChI=1S/C12H17N3OS/c13-10-6-8(12(14)16)3-4-11(10)15-9-2-1-5-17-7-9/h3-4,6,9,15H,1-2,5,7,13H2,(H2,14,16). The highest BCUT2D eigenvalue weighted by Gasteiger charge is 2.14. The minimum absolute atomic E-state index is 0.448. The lowest BCUT2D eigenvalue weighted by Crippen LogP contribution is -2.26. The Morgan fingerprint density at radius 2 is 2.29 bits per heavy atom. The molecule has 5 N–H and O–H groups in total. The third kappa shape index (κ3) is 3.06. The second kappa shape index (κ2) is 5.31. The molecular weight excluding hydrogens is 234 g/mol. The molecule has 1 atom stereocenters. The van der Waals surface area contributed by atoms with Gasteiger partial charge in [0, 0.05) is 17.4 Å². The molecule has 0 spiro atoms. The van der Waals surface area contributed by atoms with Gasteiger partial charge in [0.25, 0.3) is 0 Å². The number of hydrogen-bond acceptors (Lipinski definition) is 4. The number of benzene rings is 1. The minimum Gasteiger partial charge on any atom is -0.397 e. The fraction of sp³-hybridized carbons (Fsp3) is 0.417. The van der Waals surface area contributed by atoms with Crippen molar-refractivity contribution in [1.82, 2.24) is 0 Å². The molecule has 0 saturated carbocycles. The van der Waals surface area contributed by atoms with Crippen LogP contribution < -0.4 is 16.8 Å². The van der Waals surface area contributed by atoms with Crippen molar-refractivity contribution in [2.45, 2.75) is 18.9 Å². The Hall–Kier alpha value is -1.36. The number of carbonyl (C=O) groups is 1. The van der Waals surface area contributed by atoms with Gasteiger partial charge in [-0.3, -0.25) is 4.79 Å². The Morgan fingerprint density at radius 1 is 1.47 bits per heavy atom. The van der Waals surface area contributed by atoms with Gasteiger partial charge in [-0.25, -0.2) is 0 Å². The third-order valence-corrected chi connectivity index (χ3v) is 4.07. The van der Waals surface area contributed by atoms with Crippen LogP contribution >= 0.6 is 11.8 Å². The van der Waals surface area contributed by atoms with Crippen molar-refractivity contribution >= 4 is 29.0 Å². The number of anilines is 2. The van der Waals surface area contributed by atoms with Crippen LogP contribution in [0.3, 0.4) is 0 Å². The summed E-state index contributed by atoms with van der Waals surface area (Å²) in [5.41, 5.74) is 13.0. The van der Waals surface area contributed by atoms with E-state index in [-0.39, 0.29) is 0 Å². The van der Waals surface area contributed by atoms with E-state index in [1.165, 1.54) is 18.6 Å². The molecule has 0 aromatic heterocycles. The monoisotopic (exact) mass is 251 g/mol. The Kier molecular flexibility index (Phi) is 3.78. The van der Waals surface area contributed by atoms with Gasteiger partial charge in [0.2, 0.25) is 5.91 Å². The number of primary amides is 1. The number of rotatable bonds is 3. The molecule has 1 aliphatic rings. The normalized spacial score (nSPS) is 19.9. The maximum atomic E-state index is 11.0. The molecule has 2 rings (SSSR count). The van der Waals surface area contributed by atoms with Gasteiger partial charge in [0.15, 0.2) is 0 Å². The highest BCUT2D eigenvalue weighted by Crippen LogP contribution is 2.25. The summed E-state index contributed by atoms with van der Waals surface area (Å²) in [6.45, 7) is 0. The molecule has 1 unspecified atom stereocenters. The van der Waals surface area contributed by atoms with Gasteiger partial charge in [0.1, 0.15) is 0 Å². The summed E-state index contributed by atoms with van der Waals surface area (Å²) in [6.07, 6.45) is 2.41. The molecule has 5 heteroatoms. The summed E-state index contributed by atoms with van der Waals surface area (Å²) in [5.74, 6) is 1.90. The first-order valence-electron chi connectivity index (χ1n) is 5.70. The molecule has 0 radical (unpaired) electrons. The van der Waals surface area contributed by atoms with E-state index in [0.717, 1.165) is 11.4 Å². The van der Waals surface area contributed by atoms with Crippen LogP contribution in [0.15, 0.2) is 18.2 Å². The Balaban J connectivity index is 2.08. The van der Waals surface area contributed by atoms with E-state index in [1.54, 1.807) is 12.1 Å². The molecule has 4 nitrogen and oxygen atoms in total. The molecule has 1 aromatic carbocycles. The van der Waals surface area contributed by atoms with Crippen molar-refractivity contribution in [2.24, 2.45) is 5.73 Å². The molecule has 17 heavy (non-hydrogen) atoms. The average Bonchev–Trinajstić information content (AvgIpc) is 2.33. The molecule has 92 valence electrons. The number of thioether (sulfide) groups is 1. The second-order valence-corrected chi connectivity index (χ2v) is 5.37. The van der Waals surface area contributed by atoms with Gasteiger partial charge in [-0.05, 0) is 36.8 Å². The molecule has 1 aliphatic heterocycles. The van der Waals surface area contributed by atoms with E-state index in [1.807, 2.05) is 17.8 Å². The summed E-state index contributed by atoms with van der Waals surface area (Å²) >= 11 is 1.96. The van der Waals surface area contributed by atoms with Crippen molar-refractivity contribution in [3.05, 3.63) is 23.8 Å². The van der Waals surface area contributed by atoms with Crippen molar-refractivity contribution < 1.29 is 4.79 Å². The van der Waals surface area contributed by atoms with Gasteiger partial charge < -0.3 is 16.8 Å². The zero-order chi connectivity index (χ0) is 12.3. The molecule has 1 amide bonds. The zero-order valence-electron chi connectivity index (χ0n) is 9.61. The van der Waals surface area contributed by atoms with Crippen molar-refractivity contribution in [3.63, 3.8) is 0 Å². The maximum absolute atomic E-state index is 11.0. The number of carbonyl (C=O) groups excluding carboxylic acids is 1. The van der Waals surface area contributed by atoms with Crippen LogP contribution in [-0.4, -0.2) is 23.5 Å². The lowest BCUT2D eigenvalue weighted by atomic mass is 10.1. The SMILES string of the molecule is NC(=O)c1ccc(NC2CCCSC2)c(N)c1. The van der Waals surface area contributed by atoms with Crippen molar-refractivity contribution in [1.29, 1.82) is 0 Å². The topological polar surface area (TPSA) is 81.1 Å². The highest BCUT2D eigenvalue weighted by atomic mass is 32.2. The molecule has 0 bridgehead atoms. The molecule has 1 saturated heterocycles. The summed E-state index contributed by atoms with van der Waals surface area (Å²) < 4.78 is 0. The highest BCUT2D eigenvalue weighted by molar-refractivity contribution is 7.99. The van der Waals surface area contributed by atoms with Gasteiger partial charge in [0.05, 0.1) is 11.4 Å². The molecule has 0 aliphatic carbocycles. The van der Waals surface area contributed by atoms with Crippen LogP contribution in [-0.2, 0) is 0 Å². The lowest BCUT2D eigenvalue weighted by Gasteiger charge is -2.24. The summed E-state index contributed by atoms with van der Waals surface area (Å²) in [5, 5.41) is 3.42. The van der Waals surface area contributed by atoms with Gasteiger partial charge >= 0.3 is 0 Å². The van der Waals surface area contributed by atoms with Crippen LogP contribution in [0, 0.1) is 0 Å². The van der Waals surface area contributed by atoms with E-state index >= 15 is 0 Å². The first-order chi connectivity index (χ1) is 8.16. The number of amides is 1. The Morgan fingerprint density at radius 3 is 2.88 bits per heavy atom. The minimum atomic E-state index is -0.448. The van der Waals surface area contributed by atoms with Crippen LogP contribution in [0.4, 0.5) is 11.4 Å². The van der Waals surface area contributed by atoms with Crippen LogP contribution in [0.25, 0.3) is 0 Å². The number of hydrogen-bond donors (Lipinski definition) is 3. The smallest absolute Gasteiger partial charge is 0.248 e. The Bertz CT molecular complexity index is 416. The van der Waals surface area contributed by atoms with E-state index in [9.17, 15) is 4.79 Å². The zero-order valence-corrected chi connectivity index (χ0v) is 10.4. The molecule has 1 aromatic rings. The van der Waals surface area contributed by atoms with E-state index in [4.69, 9.17) is 11.5 Å². The number of nitrogens with two attached hydrogens (primary N) is 2. The largest absolute Gasteiger partial charge is 0.397 e. The fourth-order valence-electron chi connectivity index (χ4n) is 1.92. The van der Waals surface area contributed by atoms with Crippen LogP contribution in [0.5, 0.6) is 0 Å². The predicted molar refractivity (Wildman–Crippen MR) is 73.3 cm³/mol. The second-order valence-electron chi connectivity index (χ2n) is 4.22. The van der Waals surface area contributed by atoms with E-state index in [0.29, 0.717) is 17.3 Å². The third-order valence-electron chi connectivity index (χ3n) is 2.86. The maximum Gasteiger partial charge on any atom is 0.248 e. The summed E-state index contributed by atoms with van der Waals surface area (Å²) in [4.78, 5) is 11.0. The Labute approximate surface area is 105 Å². The van der Waals surface area contributed by atoms with E-state index < -0.39 is 5.91 Å². The fourth-order valence-corrected chi connectivity index (χ4v) is 2.99. The van der Waals surface area contributed by atoms with Crippen molar-refractivity contribution in [3.8, 4) is 0 Å². The van der Waals surface area contributed by atoms with Gasteiger partial charge in [-0.15, -0.1) is 0 Å². The van der Waals surface area contributed by atoms with Gasteiger partial charge in [-0.2, -0.15) is 11.8 Å². The van der Waals surface area contributed by atoms with Crippen LogP contribution in [0.2, 0.25) is 0 Å². The predicted octanol–water partition coefficient (Wildman–Crippen LogP) is 1.68. The number of nitrogens with one attached hydrogen (secondary N) is 1. The number of nitrogen functional groups attached to an aromatic ring is 1. The quantitative estimate of drug-likeness (QED) is 0.714.